The van der Waals surface area contributed by atoms with E-state index in [2.05, 4.69) is 41.5 Å². The van der Waals surface area contributed by atoms with Gasteiger partial charge in [0.1, 0.15) is 23.3 Å². The molecule has 2 aromatic heterocycles. The first kappa shape index (κ1) is 52.7. The molecule has 73 heavy (non-hydrogen) atoms. The average molecular weight is 1000 g/mol. The summed E-state index contributed by atoms with van der Waals surface area (Å²) < 4.78 is 6.35. The number of aliphatic hydroxyl groups excluding tert-OH is 1. The molecule has 2 atom stereocenters. The lowest BCUT2D eigenvalue weighted by Crippen LogP contribution is -2.54. The quantitative estimate of drug-likeness (QED) is 0.0287. The van der Waals surface area contributed by atoms with E-state index >= 15 is 0 Å². The summed E-state index contributed by atoms with van der Waals surface area (Å²) in [6, 6.07) is 13.1. The highest BCUT2D eigenvalue weighted by molar-refractivity contribution is 6.12. The monoisotopic (exact) mass is 1000 g/mol. The molecule has 22 heteroatoms. The first-order valence-electron chi connectivity index (χ1n) is 24.5. The van der Waals surface area contributed by atoms with Crippen molar-refractivity contribution in [3.8, 4) is 5.75 Å². The number of fused-ring (bicyclic) bond motifs is 2. The maximum absolute atomic E-state index is 13.8. The van der Waals surface area contributed by atoms with Crippen molar-refractivity contribution in [3.63, 3.8) is 0 Å². The second kappa shape index (κ2) is 24.8. The van der Waals surface area contributed by atoms with Crippen LogP contribution in [0.15, 0.2) is 79.3 Å². The first-order valence-corrected chi connectivity index (χ1v) is 24.5. The van der Waals surface area contributed by atoms with E-state index in [1.165, 1.54) is 23.4 Å². The summed E-state index contributed by atoms with van der Waals surface area (Å²) in [7, 11) is 0. The number of nitrogens with one attached hydrogen (secondary N) is 6. The van der Waals surface area contributed by atoms with E-state index in [9.17, 15) is 43.8 Å². The van der Waals surface area contributed by atoms with E-state index in [1.807, 2.05) is 24.3 Å². The molecule has 0 spiro atoms. The van der Waals surface area contributed by atoms with Crippen LogP contribution in [0.2, 0.25) is 0 Å². The number of benzene rings is 3. The number of aromatic amines is 1. The third kappa shape index (κ3) is 14.7. The summed E-state index contributed by atoms with van der Waals surface area (Å²) in [5.41, 5.74) is 9.28. The second-order valence-electron chi connectivity index (χ2n) is 18.6. The van der Waals surface area contributed by atoms with E-state index < -0.39 is 36.0 Å². The summed E-state index contributed by atoms with van der Waals surface area (Å²) in [6.07, 6.45) is 9.05. The van der Waals surface area contributed by atoms with Crippen LogP contribution >= 0.6 is 0 Å². The number of urea groups is 1. The van der Waals surface area contributed by atoms with Crippen LogP contribution in [0.1, 0.15) is 89.2 Å². The number of H-pyrrole nitrogens is 1. The lowest BCUT2D eigenvalue weighted by Gasteiger charge is -2.26. The third-order valence-corrected chi connectivity index (χ3v) is 12.7. The maximum atomic E-state index is 13.8. The minimum atomic E-state index is -1.18. The van der Waals surface area contributed by atoms with Crippen LogP contribution in [0, 0.1) is 5.92 Å². The molecule has 386 valence electrons. The minimum absolute atomic E-state index is 0.0180. The van der Waals surface area contributed by atoms with E-state index in [1.54, 1.807) is 50.4 Å². The van der Waals surface area contributed by atoms with Crippen molar-refractivity contribution in [2.75, 3.05) is 23.7 Å². The number of hydrogen-bond donors (Lipinski definition) is 9. The average Bonchev–Trinajstić information content (AvgIpc) is 3.97. The lowest BCUT2D eigenvalue weighted by atomic mass is 9.95. The molecular formula is C51H62N12O10. The summed E-state index contributed by atoms with van der Waals surface area (Å²) in [5, 5.41) is 35.2. The number of rotatable bonds is 24. The molecule has 3 aromatic carbocycles. The van der Waals surface area contributed by atoms with Gasteiger partial charge in [-0.2, -0.15) is 0 Å². The largest absolute Gasteiger partial charge is 0.488 e. The van der Waals surface area contributed by atoms with E-state index in [-0.39, 0.29) is 81.3 Å². The van der Waals surface area contributed by atoms with Gasteiger partial charge in [-0.3, -0.25) is 33.8 Å². The number of hydrogen-bond acceptors (Lipinski definition) is 13. The molecular weight excluding hydrogens is 941 g/mol. The number of imidazole rings is 1. The first-order chi connectivity index (χ1) is 35.1. The summed E-state index contributed by atoms with van der Waals surface area (Å²) in [4.78, 5) is 107. The molecule has 1 fully saturated rings. The highest BCUT2D eigenvalue weighted by atomic mass is 16.5. The Balaban J connectivity index is 0.964. The predicted octanol–water partition coefficient (Wildman–Crippen LogP) is 5.11. The molecule has 10 N–H and O–H groups in total. The maximum Gasteiger partial charge on any atom is 0.407 e. The van der Waals surface area contributed by atoms with Crippen molar-refractivity contribution in [1.29, 1.82) is 0 Å². The number of anilines is 3. The fourth-order valence-corrected chi connectivity index (χ4v) is 8.72. The molecule has 1 saturated carbocycles. The molecule has 1 aliphatic heterocycles. The van der Waals surface area contributed by atoms with E-state index in [0.717, 1.165) is 23.1 Å². The molecule has 1 aliphatic carbocycles. The number of amides is 8. The van der Waals surface area contributed by atoms with Crippen LogP contribution in [0.25, 0.3) is 21.9 Å². The fraction of sp³-hybridized carbons (Fsp3) is 0.412. The minimum Gasteiger partial charge on any atom is -0.488 e. The molecule has 5 aromatic rings. The van der Waals surface area contributed by atoms with Gasteiger partial charge in [-0.1, -0.05) is 44.5 Å². The van der Waals surface area contributed by atoms with Crippen molar-refractivity contribution in [2.24, 2.45) is 11.7 Å². The van der Waals surface area contributed by atoms with Gasteiger partial charge in [0.2, 0.25) is 23.7 Å². The topological polar surface area (TPSA) is 316 Å². The molecule has 0 bridgehead atoms. The van der Waals surface area contributed by atoms with Crippen LogP contribution in [0.4, 0.5) is 26.9 Å². The zero-order valence-electron chi connectivity index (χ0n) is 40.8. The number of carbonyl (C=O) groups excluding carboxylic acids is 6. The lowest BCUT2D eigenvalue weighted by molar-refractivity contribution is -0.137. The summed E-state index contributed by atoms with van der Waals surface area (Å²) in [6.45, 7) is 3.85. The van der Waals surface area contributed by atoms with Crippen LogP contribution < -0.4 is 37.1 Å². The van der Waals surface area contributed by atoms with Crippen molar-refractivity contribution >= 4 is 80.9 Å². The van der Waals surface area contributed by atoms with Crippen LogP contribution in [-0.2, 0) is 37.1 Å². The van der Waals surface area contributed by atoms with Crippen LogP contribution in [-0.4, -0.2) is 119 Å². The zero-order chi connectivity index (χ0) is 52.0. The molecule has 8 amide bonds. The van der Waals surface area contributed by atoms with Crippen molar-refractivity contribution < 1.29 is 48.5 Å². The highest BCUT2D eigenvalue weighted by Crippen LogP contribution is 2.31. The third-order valence-electron chi connectivity index (χ3n) is 12.7. The van der Waals surface area contributed by atoms with Gasteiger partial charge in [-0.05, 0) is 93.2 Å². The molecule has 22 nitrogen and oxygen atoms in total. The number of carboxylic acid groups (broad SMARTS) is 1. The number of nitrogens with two attached hydrogens (primary N) is 1. The second-order valence-corrected chi connectivity index (χ2v) is 18.6. The number of para-hydroxylation sites is 1. The van der Waals surface area contributed by atoms with Gasteiger partial charge in [0, 0.05) is 66.7 Å². The molecule has 3 heterocycles. The number of nitrogens with zero attached hydrogens (tertiary/aromatic N) is 5. The van der Waals surface area contributed by atoms with E-state index in [0.29, 0.717) is 82.9 Å². The van der Waals surface area contributed by atoms with Crippen LogP contribution in [0.5, 0.6) is 5.75 Å². The Morgan fingerprint density at radius 1 is 0.877 bits per heavy atom. The number of aliphatic hydroxyl groups is 1. The Morgan fingerprint density at radius 3 is 2.34 bits per heavy atom. The Morgan fingerprint density at radius 2 is 1.63 bits per heavy atom. The molecule has 0 radical (unpaired) electrons. The van der Waals surface area contributed by atoms with Gasteiger partial charge in [0.15, 0.2) is 0 Å². The molecule has 0 unspecified atom stereocenters. The number of unbranched alkanes of at least 4 members (excludes halogenated alkanes) is 2. The van der Waals surface area contributed by atoms with Gasteiger partial charge < -0.3 is 52.3 Å². The fourth-order valence-electron chi connectivity index (χ4n) is 8.72. The standard InChI is InChI=1S/C51H62N12O10/c1-30(2)44(60-41(65)11-4-3-5-23-63-42(66)20-21-43(63)67)48(69)59-38(9-7-22-53-49(52)70)47(68)57-34-14-12-31(13-15-34)27-62(51(71)72)28-33-24-35(25-39-45(33)56-29-55-39)58-50-54-26-32-8-6-10-40(46(32)61-50)73-37-18-16-36(64)17-19-37/h6,8,10,12-15,20-21,24-26,29-30,36-38,44,64H,3-5,7,9,11,16-19,22-23,27-28H2,1-2H3,(H,55,56)(H,57,68)(H,59,69)(H,60,65)(H,71,72)(H3,52,53,70)(H,54,58,61)/t36?,37?,38-,44-/m0/s1. The van der Waals surface area contributed by atoms with Crippen molar-refractivity contribution in [2.45, 2.75) is 115 Å². The number of carbonyl (C=O) groups is 7. The molecule has 0 saturated heterocycles. The van der Waals surface area contributed by atoms with Gasteiger partial charge in [0.05, 0.1) is 36.1 Å². The van der Waals surface area contributed by atoms with Crippen molar-refractivity contribution in [3.05, 3.63) is 90.4 Å². The van der Waals surface area contributed by atoms with Crippen molar-refractivity contribution in [1.82, 2.24) is 45.7 Å². The number of aromatic nitrogens is 4. The molecule has 7 rings (SSSR count). The Kier molecular flexibility index (Phi) is 17.9. The summed E-state index contributed by atoms with van der Waals surface area (Å²) in [5.74, 6) is -1.67. The van der Waals surface area contributed by atoms with Crippen LogP contribution in [0.3, 0.4) is 0 Å². The highest BCUT2D eigenvalue weighted by Gasteiger charge is 2.30. The number of ether oxygens (including phenoxy) is 1. The van der Waals surface area contributed by atoms with Gasteiger partial charge in [0.25, 0.3) is 11.8 Å². The zero-order valence-corrected chi connectivity index (χ0v) is 40.8. The predicted molar refractivity (Wildman–Crippen MR) is 270 cm³/mol. The Hall–Kier alpha value is -8.14. The summed E-state index contributed by atoms with van der Waals surface area (Å²) >= 11 is 0. The van der Waals surface area contributed by atoms with Gasteiger partial charge in [-0.15, -0.1) is 0 Å². The van der Waals surface area contributed by atoms with Gasteiger partial charge in [-0.25, -0.2) is 24.5 Å². The normalized spacial score (nSPS) is 16.3. The SMILES string of the molecule is CC(C)[C@H](NC(=O)CCCCCN1C(=O)C=CC1=O)C(=O)N[C@@H](CCCNC(N)=O)C(=O)Nc1ccc(CN(Cc2cc(Nc3ncc4cccc(OC5CCC(O)CC5)c4n3)cc3[nH]cnc23)C(=O)O)cc1. The molecule has 2 aliphatic rings. The van der Waals surface area contributed by atoms with Gasteiger partial charge >= 0.3 is 12.1 Å². The number of imide groups is 1. The number of primary amides is 1. The Labute approximate surface area is 420 Å². The van der Waals surface area contributed by atoms with E-state index in [4.69, 9.17) is 15.5 Å². The smallest absolute Gasteiger partial charge is 0.407 e. The Bertz CT molecular complexity index is 2810.